The van der Waals surface area contributed by atoms with Gasteiger partial charge in [0.2, 0.25) is 0 Å². The van der Waals surface area contributed by atoms with Crippen LogP contribution >= 0.6 is 0 Å². The SMILES string of the molecule is CCC1CCN1Cc1nonc1C. The van der Waals surface area contributed by atoms with Crippen molar-refractivity contribution in [3.8, 4) is 0 Å². The smallest absolute Gasteiger partial charge is 0.122 e. The first kappa shape index (κ1) is 8.69. The van der Waals surface area contributed by atoms with Crippen LogP contribution in [0.4, 0.5) is 0 Å². The summed E-state index contributed by atoms with van der Waals surface area (Å²) in [5.41, 5.74) is 1.90. The van der Waals surface area contributed by atoms with E-state index in [1.54, 1.807) is 0 Å². The molecule has 4 nitrogen and oxygen atoms in total. The maximum absolute atomic E-state index is 4.66. The van der Waals surface area contributed by atoms with Crippen molar-refractivity contribution in [2.75, 3.05) is 6.54 Å². The van der Waals surface area contributed by atoms with E-state index >= 15 is 0 Å². The number of hydrogen-bond donors (Lipinski definition) is 0. The third-order valence-corrected chi connectivity index (χ3v) is 2.84. The summed E-state index contributed by atoms with van der Waals surface area (Å²) in [4.78, 5) is 2.42. The number of nitrogens with zero attached hydrogens (tertiary/aromatic N) is 3. The van der Waals surface area contributed by atoms with Gasteiger partial charge in [0.15, 0.2) is 0 Å². The van der Waals surface area contributed by atoms with Gasteiger partial charge in [-0.1, -0.05) is 17.2 Å². The van der Waals surface area contributed by atoms with Crippen molar-refractivity contribution in [1.29, 1.82) is 0 Å². The summed E-state index contributed by atoms with van der Waals surface area (Å²) >= 11 is 0. The fourth-order valence-electron chi connectivity index (χ4n) is 1.75. The van der Waals surface area contributed by atoms with Gasteiger partial charge in [0.05, 0.1) is 0 Å². The lowest BCUT2D eigenvalue weighted by molar-refractivity contribution is 0.0761. The van der Waals surface area contributed by atoms with Crippen LogP contribution in [0.5, 0.6) is 0 Å². The zero-order valence-electron chi connectivity index (χ0n) is 8.16. The van der Waals surface area contributed by atoms with Crippen LogP contribution in [0.15, 0.2) is 4.63 Å². The van der Waals surface area contributed by atoms with E-state index in [2.05, 4.69) is 26.8 Å². The van der Waals surface area contributed by atoms with E-state index in [0.717, 1.165) is 24.0 Å². The van der Waals surface area contributed by atoms with Crippen molar-refractivity contribution >= 4 is 0 Å². The van der Waals surface area contributed by atoms with Crippen LogP contribution in [0.3, 0.4) is 0 Å². The highest BCUT2D eigenvalue weighted by Crippen LogP contribution is 2.22. The van der Waals surface area contributed by atoms with Crippen molar-refractivity contribution in [2.24, 2.45) is 0 Å². The summed E-state index contributed by atoms with van der Waals surface area (Å²) in [5.74, 6) is 0. The summed E-state index contributed by atoms with van der Waals surface area (Å²) in [7, 11) is 0. The molecular weight excluding hydrogens is 166 g/mol. The predicted molar refractivity (Wildman–Crippen MR) is 48.1 cm³/mol. The Morgan fingerprint density at radius 3 is 2.85 bits per heavy atom. The Labute approximate surface area is 77.9 Å². The summed E-state index contributed by atoms with van der Waals surface area (Å²) in [6.07, 6.45) is 2.55. The molecule has 1 unspecified atom stereocenters. The molecule has 0 bridgehead atoms. The molecule has 13 heavy (non-hydrogen) atoms. The van der Waals surface area contributed by atoms with Crippen molar-refractivity contribution in [3.63, 3.8) is 0 Å². The molecule has 1 atom stereocenters. The van der Waals surface area contributed by atoms with Gasteiger partial charge in [-0.2, -0.15) is 0 Å². The first-order chi connectivity index (χ1) is 6.31. The molecule has 4 heteroatoms. The van der Waals surface area contributed by atoms with E-state index in [1.807, 2.05) is 6.92 Å². The molecule has 1 aliphatic heterocycles. The van der Waals surface area contributed by atoms with Gasteiger partial charge in [0.25, 0.3) is 0 Å². The lowest BCUT2D eigenvalue weighted by Crippen LogP contribution is -2.46. The first-order valence-corrected chi connectivity index (χ1v) is 4.83. The molecule has 1 fully saturated rings. The highest BCUT2D eigenvalue weighted by atomic mass is 16.6. The molecule has 72 valence electrons. The standard InChI is InChI=1S/C9H15N3O/c1-3-8-4-5-12(8)6-9-7(2)10-13-11-9/h8H,3-6H2,1-2H3. The topological polar surface area (TPSA) is 42.2 Å². The largest absolute Gasteiger partial charge is 0.294 e. The van der Waals surface area contributed by atoms with Crippen molar-refractivity contribution in [3.05, 3.63) is 11.4 Å². The monoisotopic (exact) mass is 181 g/mol. The normalized spacial score (nSPS) is 23.1. The molecule has 0 amide bonds. The number of aryl methyl sites for hydroxylation is 1. The van der Waals surface area contributed by atoms with Gasteiger partial charge >= 0.3 is 0 Å². The molecule has 2 heterocycles. The quantitative estimate of drug-likeness (QED) is 0.706. The lowest BCUT2D eigenvalue weighted by atomic mass is 10.0. The summed E-state index contributed by atoms with van der Waals surface area (Å²) < 4.78 is 4.66. The molecule has 0 aliphatic carbocycles. The summed E-state index contributed by atoms with van der Waals surface area (Å²) in [5, 5.41) is 7.64. The second kappa shape index (κ2) is 3.46. The van der Waals surface area contributed by atoms with Crippen LogP contribution < -0.4 is 0 Å². The first-order valence-electron chi connectivity index (χ1n) is 4.83. The molecule has 2 rings (SSSR count). The maximum Gasteiger partial charge on any atom is 0.122 e. The van der Waals surface area contributed by atoms with Gasteiger partial charge in [-0.15, -0.1) is 0 Å². The maximum atomic E-state index is 4.66. The average molecular weight is 181 g/mol. The number of likely N-dealkylation sites (tertiary alicyclic amines) is 1. The van der Waals surface area contributed by atoms with E-state index < -0.39 is 0 Å². The van der Waals surface area contributed by atoms with E-state index in [0.29, 0.717) is 0 Å². The van der Waals surface area contributed by atoms with Gasteiger partial charge < -0.3 is 0 Å². The Balaban J connectivity index is 1.95. The van der Waals surface area contributed by atoms with E-state index in [9.17, 15) is 0 Å². The minimum Gasteiger partial charge on any atom is -0.294 e. The zero-order valence-corrected chi connectivity index (χ0v) is 8.16. The number of hydrogen-bond acceptors (Lipinski definition) is 4. The fraction of sp³-hybridized carbons (Fsp3) is 0.778. The van der Waals surface area contributed by atoms with Crippen LogP contribution in [-0.4, -0.2) is 27.8 Å². The van der Waals surface area contributed by atoms with Crippen molar-refractivity contribution in [2.45, 2.75) is 39.3 Å². The molecule has 1 saturated heterocycles. The zero-order chi connectivity index (χ0) is 9.26. The minimum absolute atomic E-state index is 0.746. The lowest BCUT2D eigenvalue weighted by Gasteiger charge is -2.39. The predicted octanol–water partition coefficient (Wildman–Crippen LogP) is 1.36. The Bertz CT molecular complexity index is 282. The van der Waals surface area contributed by atoms with Crippen molar-refractivity contribution in [1.82, 2.24) is 15.2 Å². The Hall–Kier alpha value is -0.900. The summed E-state index contributed by atoms with van der Waals surface area (Å²) in [6.45, 7) is 6.25. The fourth-order valence-corrected chi connectivity index (χ4v) is 1.75. The van der Waals surface area contributed by atoms with Crippen LogP contribution in [0.1, 0.15) is 31.2 Å². The Morgan fingerprint density at radius 2 is 2.38 bits per heavy atom. The molecule has 0 N–H and O–H groups in total. The van der Waals surface area contributed by atoms with Gasteiger partial charge in [-0.25, -0.2) is 4.63 Å². The van der Waals surface area contributed by atoms with Gasteiger partial charge in [-0.05, 0) is 19.8 Å². The van der Waals surface area contributed by atoms with Crippen molar-refractivity contribution < 1.29 is 4.63 Å². The van der Waals surface area contributed by atoms with E-state index in [4.69, 9.17) is 0 Å². The Morgan fingerprint density at radius 1 is 1.54 bits per heavy atom. The molecule has 0 saturated carbocycles. The highest BCUT2D eigenvalue weighted by Gasteiger charge is 2.27. The molecule has 1 aliphatic rings. The highest BCUT2D eigenvalue weighted by molar-refractivity contribution is 5.05. The molecule has 1 aromatic rings. The van der Waals surface area contributed by atoms with Crippen LogP contribution in [0.2, 0.25) is 0 Å². The molecule has 0 spiro atoms. The van der Waals surface area contributed by atoms with Gasteiger partial charge in [0.1, 0.15) is 11.4 Å². The van der Waals surface area contributed by atoms with Gasteiger partial charge in [0, 0.05) is 19.1 Å². The van der Waals surface area contributed by atoms with E-state index in [-0.39, 0.29) is 0 Å². The minimum atomic E-state index is 0.746. The molecule has 0 radical (unpaired) electrons. The average Bonchev–Trinajstić information content (AvgIpc) is 2.46. The molecule has 1 aromatic heterocycles. The second-order valence-corrected chi connectivity index (χ2v) is 3.62. The van der Waals surface area contributed by atoms with E-state index in [1.165, 1.54) is 19.4 Å². The number of aromatic nitrogens is 2. The Kier molecular flexibility index (Phi) is 2.31. The second-order valence-electron chi connectivity index (χ2n) is 3.62. The third-order valence-electron chi connectivity index (χ3n) is 2.84. The molecule has 0 aromatic carbocycles. The van der Waals surface area contributed by atoms with Crippen LogP contribution in [0, 0.1) is 6.92 Å². The number of rotatable bonds is 3. The van der Waals surface area contributed by atoms with Crippen LogP contribution in [0.25, 0.3) is 0 Å². The van der Waals surface area contributed by atoms with Gasteiger partial charge in [-0.3, -0.25) is 4.90 Å². The molecular formula is C9H15N3O. The summed E-state index contributed by atoms with van der Waals surface area (Å²) in [6, 6.07) is 0.746. The third kappa shape index (κ3) is 1.58. The van der Waals surface area contributed by atoms with Crippen LogP contribution in [-0.2, 0) is 6.54 Å².